The monoisotopic (exact) mass is 581 g/mol. The molecule has 0 radical (unpaired) electrons. The van der Waals surface area contributed by atoms with E-state index >= 15 is 0 Å². The van der Waals surface area contributed by atoms with Gasteiger partial charge in [0.05, 0.1) is 31.7 Å². The van der Waals surface area contributed by atoms with E-state index in [1.54, 1.807) is 13.8 Å². The number of aryl methyl sites for hydroxylation is 1. The van der Waals surface area contributed by atoms with Crippen LogP contribution < -0.4 is 16.0 Å². The number of esters is 1. The fraction of sp³-hybridized carbons (Fsp3) is 0.500. The lowest BCUT2D eigenvalue weighted by atomic mass is 9.84. The number of carbonyl (C=O) groups excluding carboxylic acids is 5. The molecule has 1 aliphatic rings. The molecule has 1 saturated carbocycles. The van der Waals surface area contributed by atoms with Gasteiger partial charge in [-0.2, -0.15) is 0 Å². The molecule has 0 saturated heterocycles. The number of benzene rings is 1. The van der Waals surface area contributed by atoms with Gasteiger partial charge < -0.3 is 25.4 Å². The van der Waals surface area contributed by atoms with Crippen molar-refractivity contribution in [2.45, 2.75) is 71.1 Å². The normalized spacial score (nSPS) is 14.7. The van der Waals surface area contributed by atoms with E-state index in [2.05, 4.69) is 25.9 Å². The second-order valence-electron chi connectivity index (χ2n) is 10.2. The summed E-state index contributed by atoms with van der Waals surface area (Å²) in [5.74, 6) is -3.76. The van der Waals surface area contributed by atoms with Crippen LogP contribution in [-0.2, 0) is 35.3 Å². The van der Waals surface area contributed by atoms with Gasteiger partial charge in [0, 0.05) is 6.20 Å². The number of ether oxygens (including phenoxy) is 2. The Morgan fingerprint density at radius 3 is 2.40 bits per heavy atom. The first-order valence-electron chi connectivity index (χ1n) is 14.3. The Kier molecular flexibility index (Phi) is 13.0. The van der Waals surface area contributed by atoms with Crippen molar-refractivity contribution in [1.82, 2.24) is 25.9 Å². The van der Waals surface area contributed by atoms with Gasteiger partial charge >= 0.3 is 5.97 Å². The molecule has 42 heavy (non-hydrogen) atoms. The molecule has 1 heterocycles. The van der Waals surface area contributed by atoms with Gasteiger partial charge in [0.1, 0.15) is 24.3 Å². The predicted molar refractivity (Wildman–Crippen MR) is 152 cm³/mol. The molecule has 3 rings (SSSR count). The molecule has 12 heteroatoms. The Labute approximate surface area is 245 Å². The molecule has 3 amide bonds. The Hall–Kier alpha value is -4.19. The van der Waals surface area contributed by atoms with Crippen LogP contribution in [-0.4, -0.2) is 71.3 Å². The minimum atomic E-state index is -1.37. The van der Waals surface area contributed by atoms with Crippen LogP contribution in [0.15, 0.2) is 42.7 Å². The Bertz CT molecular complexity index is 1220. The van der Waals surface area contributed by atoms with Crippen molar-refractivity contribution in [3.05, 3.63) is 59.7 Å². The van der Waals surface area contributed by atoms with Crippen molar-refractivity contribution in [3.63, 3.8) is 0 Å². The number of nitrogens with one attached hydrogen (secondary N) is 3. The van der Waals surface area contributed by atoms with Crippen LogP contribution in [0.25, 0.3) is 0 Å². The highest BCUT2D eigenvalue weighted by Gasteiger charge is 2.32. The maximum Gasteiger partial charge on any atom is 0.325 e. The molecule has 2 atom stereocenters. The molecule has 1 unspecified atom stereocenters. The fourth-order valence-electron chi connectivity index (χ4n) is 4.73. The third-order valence-corrected chi connectivity index (χ3v) is 6.85. The van der Waals surface area contributed by atoms with E-state index in [1.807, 2.05) is 30.3 Å². The topological polar surface area (TPSA) is 166 Å². The van der Waals surface area contributed by atoms with Gasteiger partial charge in [0.15, 0.2) is 0 Å². The number of hydrogen-bond donors (Lipinski definition) is 3. The first-order valence-corrected chi connectivity index (χ1v) is 14.3. The molecule has 1 aromatic carbocycles. The summed E-state index contributed by atoms with van der Waals surface area (Å²) in [6, 6.07) is 6.85. The van der Waals surface area contributed by atoms with Crippen LogP contribution >= 0.6 is 0 Å². The van der Waals surface area contributed by atoms with Crippen molar-refractivity contribution >= 4 is 29.5 Å². The lowest BCUT2D eigenvalue weighted by Gasteiger charge is -2.28. The molecular weight excluding hydrogens is 542 g/mol. The minimum absolute atomic E-state index is 0.0635. The molecule has 226 valence electrons. The minimum Gasteiger partial charge on any atom is -0.465 e. The number of hydrogen-bond acceptors (Lipinski definition) is 9. The van der Waals surface area contributed by atoms with Crippen LogP contribution in [0, 0.1) is 12.8 Å². The van der Waals surface area contributed by atoms with Gasteiger partial charge in [-0.3, -0.25) is 29.0 Å². The van der Waals surface area contributed by atoms with Crippen LogP contribution in [0.4, 0.5) is 0 Å². The van der Waals surface area contributed by atoms with Gasteiger partial charge in [0.2, 0.25) is 11.7 Å². The number of Topliss-reactive ketones (excluding diaryl/α,β-unsaturated/α-hetero) is 1. The molecular formula is C30H39N5O7. The zero-order valence-electron chi connectivity index (χ0n) is 24.1. The Balaban J connectivity index is 1.75. The van der Waals surface area contributed by atoms with Crippen molar-refractivity contribution in [2.75, 3.05) is 19.8 Å². The number of nitrogens with zero attached hydrogens (tertiary/aromatic N) is 2. The maximum absolute atomic E-state index is 13.6. The van der Waals surface area contributed by atoms with E-state index in [9.17, 15) is 24.0 Å². The number of amides is 3. The van der Waals surface area contributed by atoms with E-state index < -0.39 is 48.1 Å². The Morgan fingerprint density at radius 2 is 1.71 bits per heavy atom. The summed E-state index contributed by atoms with van der Waals surface area (Å²) >= 11 is 0. The lowest BCUT2D eigenvalue weighted by Crippen LogP contribution is -2.56. The van der Waals surface area contributed by atoms with Gasteiger partial charge in [0.25, 0.3) is 11.8 Å². The van der Waals surface area contributed by atoms with Gasteiger partial charge in [-0.1, -0.05) is 62.4 Å². The molecule has 12 nitrogen and oxygen atoms in total. The van der Waals surface area contributed by atoms with E-state index in [4.69, 9.17) is 9.47 Å². The smallest absolute Gasteiger partial charge is 0.325 e. The molecule has 0 aliphatic heterocycles. The summed E-state index contributed by atoms with van der Waals surface area (Å²) in [5.41, 5.74) is 1.45. The number of rotatable bonds is 15. The summed E-state index contributed by atoms with van der Waals surface area (Å²) < 4.78 is 10.5. The van der Waals surface area contributed by atoms with Gasteiger partial charge in [-0.25, -0.2) is 4.98 Å². The van der Waals surface area contributed by atoms with E-state index in [0.717, 1.165) is 37.7 Å². The van der Waals surface area contributed by atoms with E-state index in [-0.39, 0.29) is 31.4 Å². The average molecular weight is 582 g/mol. The molecule has 1 aliphatic carbocycles. The van der Waals surface area contributed by atoms with Crippen LogP contribution in [0.5, 0.6) is 0 Å². The number of carbonyl (C=O) groups is 5. The second-order valence-corrected chi connectivity index (χ2v) is 10.2. The van der Waals surface area contributed by atoms with Crippen LogP contribution in [0.1, 0.15) is 67.2 Å². The van der Waals surface area contributed by atoms with E-state index in [1.165, 1.54) is 12.4 Å². The molecule has 0 spiro atoms. The number of ketones is 1. The second kappa shape index (κ2) is 16.9. The standard InChI is InChI=1S/C30H39N5O7/c1-3-42-26(36)17-32-30(40)27(37)25(19-41-18-22-12-8-5-9-13-22)35-28(38)23(14-21-10-6-4-7-11-21)34-29(39)24-16-31-15-20(2)33-24/h5,8-9,12-13,15-16,21,23,25H,3-4,6-7,10-11,14,17-19H2,1-2H3,(H,32,40)(H,34,39)(H,35,38)/t23-,25?/m1/s1. The average Bonchev–Trinajstić information content (AvgIpc) is 2.99. The molecule has 2 aromatic rings. The Morgan fingerprint density at radius 1 is 0.976 bits per heavy atom. The summed E-state index contributed by atoms with van der Waals surface area (Å²) in [7, 11) is 0. The molecule has 1 aromatic heterocycles. The molecule has 0 bridgehead atoms. The first-order chi connectivity index (χ1) is 20.3. The zero-order chi connectivity index (χ0) is 30.3. The summed E-state index contributed by atoms with van der Waals surface area (Å²) in [4.78, 5) is 72.2. The third-order valence-electron chi connectivity index (χ3n) is 6.85. The van der Waals surface area contributed by atoms with Crippen LogP contribution in [0.2, 0.25) is 0 Å². The first kappa shape index (κ1) is 32.3. The van der Waals surface area contributed by atoms with Gasteiger partial charge in [-0.15, -0.1) is 0 Å². The van der Waals surface area contributed by atoms with Crippen LogP contribution in [0.3, 0.4) is 0 Å². The van der Waals surface area contributed by atoms with Crippen molar-refractivity contribution < 1.29 is 33.4 Å². The number of aromatic nitrogens is 2. The van der Waals surface area contributed by atoms with Gasteiger partial charge in [-0.05, 0) is 31.7 Å². The molecule has 3 N–H and O–H groups in total. The third kappa shape index (κ3) is 10.7. The fourth-order valence-corrected chi connectivity index (χ4v) is 4.73. The quantitative estimate of drug-likeness (QED) is 0.210. The lowest BCUT2D eigenvalue weighted by molar-refractivity contribution is -0.146. The maximum atomic E-state index is 13.6. The SMILES string of the molecule is CCOC(=O)CNC(=O)C(=O)C(COCc1ccccc1)NC(=O)[C@@H](CC1CCCCC1)NC(=O)c1cncc(C)n1. The van der Waals surface area contributed by atoms with Crippen molar-refractivity contribution in [1.29, 1.82) is 0 Å². The van der Waals surface area contributed by atoms with Crippen molar-refractivity contribution in [2.24, 2.45) is 5.92 Å². The highest BCUT2D eigenvalue weighted by Crippen LogP contribution is 2.27. The zero-order valence-corrected chi connectivity index (χ0v) is 24.1. The predicted octanol–water partition coefficient (Wildman–Crippen LogP) is 1.80. The highest BCUT2D eigenvalue weighted by atomic mass is 16.5. The highest BCUT2D eigenvalue weighted by molar-refractivity contribution is 6.38. The summed E-state index contributed by atoms with van der Waals surface area (Å²) in [6.07, 6.45) is 8.21. The van der Waals surface area contributed by atoms with Crippen molar-refractivity contribution in [3.8, 4) is 0 Å². The molecule has 1 fully saturated rings. The largest absolute Gasteiger partial charge is 0.465 e. The summed E-state index contributed by atoms with van der Waals surface area (Å²) in [6.45, 7) is 2.78. The summed E-state index contributed by atoms with van der Waals surface area (Å²) in [5, 5.41) is 7.59. The van der Waals surface area contributed by atoms with E-state index in [0.29, 0.717) is 12.1 Å².